The lowest BCUT2D eigenvalue weighted by atomic mass is 10.2. The predicted molar refractivity (Wildman–Crippen MR) is 64.6 cm³/mol. The number of benzene rings is 1. The zero-order chi connectivity index (χ0) is 12.6. The van der Waals surface area contributed by atoms with Gasteiger partial charge in [0.05, 0.1) is 18.1 Å². The number of carbonyl (C=O) groups excluding carboxylic acids is 1. The van der Waals surface area contributed by atoms with Crippen LogP contribution in [-0.4, -0.2) is 34.7 Å². The van der Waals surface area contributed by atoms with Gasteiger partial charge < -0.3 is 4.57 Å². The van der Waals surface area contributed by atoms with Crippen molar-refractivity contribution >= 4 is 16.9 Å². The first kappa shape index (κ1) is 11.6. The van der Waals surface area contributed by atoms with E-state index in [-0.39, 0.29) is 5.91 Å². The lowest BCUT2D eigenvalue weighted by Gasteiger charge is -2.13. The quantitative estimate of drug-likeness (QED) is 0.739. The SMILES string of the molecule is CON(C)C(=O)c1ccc2c(c1)nc(C)n2C. The van der Waals surface area contributed by atoms with Crippen LogP contribution in [0.2, 0.25) is 0 Å². The molecule has 5 nitrogen and oxygen atoms in total. The van der Waals surface area contributed by atoms with E-state index in [1.54, 1.807) is 19.2 Å². The Morgan fingerprint density at radius 2 is 2.18 bits per heavy atom. The molecular formula is C12H15N3O2. The van der Waals surface area contributed by atoms with Crippen LogP contribution in [0.25, 0.3) is 11.0 Å². The van der Waals surface area contributed by atoms with Crippen molar-refractivity contribution in [3.63, 3.8) is 0 Å². The predicted octanol–water partition coefficient (Wildman–Crippen LogP) is 1.52. The third kappa shape index (κ3) is 1.89. The molecule has 0 radical (unpaired) electrons. The van der Waals surface area contributed by atoms with Crippen LogP contribution >= 0.6 is 0 Å². The Morgan fingerprint density at radius 3 is 2.82 bits per heavy atom. The molecule has 2 aromatic rings. The summed E-state index contributed by atoms with van der Waals surface area (Å²) in [6, 6.07) is 5.45. The molecule has 0 atom stereocenters. The summed E-state index contributed by atoms with van der Waals surface area (Å²) in [5.74, 6) is 0.738. The number of nitrogens with zero attached hydrogens (tertiary/aromatic N) is 3. The van der Waals surface area contributed by atoms with Gasteiger partial charge in [-0.1, -0.05) is 0 Å². The van der Waals surface area contributed by atoms with Gasteiger partial charge in [-0.25, -0.2) is 10.0 Å². The molecule has 0 aliphatic rings. The second-order valence-corrected chi connectivity index (χ2v) is 3.91. The molecule has 5 heteroatoms. The van der Waals surface area contributed by atoms with Crippen LogP contribution < -0.4 is 0 Å². The highest BCUT2D eigenvalue weighted by Gasteiger charge is 2.13. The maximum absolute atomic E-state index is 11.9. The molecule has 1 aromatic heterocycles. The normalized spacial score (nSPS) is 10.8. The fraction of sp³-hybridized carbons (Fsp3) is 0.333. The zero-order valence-corrected chi connectivity index (χ0v) is 10.4. The van der Waals surface area contributed by atoms with Crippen LogP contribution in [0.4, 0.5) is 0 Å². The van der Waals surface area contributed by atoms with E-state index in [9.17, 15) is 4.79 Å². The summed E-state index contributed by atoms with van der Waals surface area (Å²) in [4.78, 5) is 21.1. The van der Waals surface area contributed by atoms with Gasteiger partial charge in [-0.2, -0.15) is 0 Å². The van der Waals surface area contributed by atoms with E-state index in [1.807, 2.05) is 24.6 Å². The Bertz CT molecular complexity index is 574. The van der Waals surface area contributed by atoms with E-state index in [1.165, 1.54) is 12.2 Å². The Labute approximate surface area is 99.6 Å². The van der Waals surface area contributed by atoms with Crippen LogP contribution in [0.1, 0.15) is 16.2 Å². The molecule has 0 aliphatic heterocycles. The first-order valence-electron chi connectivity index (χ1n) is 5.30. The second kappa shape index (κ2) is 4.18. The molecule has 2 rings (SSSR count). The number of hydrogen-bond acceptors (Lipinski definition) is 3. The van der Waals surface area contributed by atoms with Gasteiger partial charge in [-0.15, -0.1) is 0 Å². The molecule has 0 aliphatic carbocycles. The van der Waals surface area contributed by atoms with Crippen molar-refractivity contribution in [3.05, 3.63) is 29.6 Å². The number of hydrogen-bond donors (Lipinski definition) is 0. The molecule has 0 bridgehead atoms. The lowest BCUT2D eigenvalue weighted by molar-refractivity contribution is -0.0756. The fourth-order valence-corrected chi connectivity index (χ4v) is 1.72. The summed E-state index contributed by atoms with van der Waals surface area (Å²) in [7, 11) is 4.99. The highest BCUT2D eigenvalue weighted by atomic mass is 16.7. The molecule has 1 amide bonds. The average molecular weight is 233 g/mol. The number of fused-ring (bicyclic) bond motifs is 1. The number of aromatic nitrogens is 2. The summed E-state index contributed by atoms with van der Waals surface area (Å²) >= 11 is 0. The summed E-state index contributed by atoms with van der Waals surface area (Å²) in [5.41, 5.74) is 2.40. The Morgan fingerprint density at radius 1 is 1.47 bits per heavy atom. The zero-order valence-electron chi connectivity index (χ0n) is 10.4. The Hall–Kier alpha value is -1.88. The lowest BCUT2D eigenvalue weighted by Crippen LogP contribution is -2.25. The van der Waals surface area contributed by atoms with Gasteiger partial charge >= 0.3 is 0 Å². The first-order chi connectivity index (χ1) is 8.04. The second-order valence-electron chi connectivity index (χ2n) is 3.91. The number of imidazole rings is 1. The third-order valence-electron chi connectivity index (χ3n) is 2.91. The van der Waals surface area contributed by atoms with Crippen molar-refractivity contribution in [2.24, 2.45) is 7.05 Å². The van der Waals surface area contributed by atoms with Gasteiger partial charge in [0.1, 0.15) is 5.82 Å². The van der Waals surface area contributed by atoms with Crippen LogP contribution in [-0.2, 0) is 11.9 Å². The maximum Gasteiger partial charge on any atom is 0.277 e. The topological polar surface area (TPSA) is 47.4 Å². The third-order valence-corrected chi connectivity index (χ3v) is 2.91. The summed E-state index contributed by atoms with van der Waals surface area (Å²) in [6.45, 7) is 1.93. The minimum Gasteiger partial charge on any atom is -0.331 e. The molecule has 1 heterocycles. The number of hydroxylamine groups is 2. The van der Waals surface area contributed by atoms with E-state index >= 15 is 0 Å². The van der Waals surface area contributed by atoms with E-state index in [0.29, 0.717) is 5.56 Å². The molecule has 0 saturated heterocycles. The Balaban J connectivity index is 2.48. The van der Waals surface area contributed by atoms with Crippen molar-refractivity contribution in [1.82, 2.24) is 14.6 Å². The molecule has 17 heavy (non-hydrogen) atoms. The first-order valence-corrected chi connectivity index (χ1v) is 5.30. The standard InChI is InChI=1S/C12H15N3O2/c1-8-13-10-7-9(12(16)15(3)17-4)5-6-11(10)14(8)2/h5-7H,1-4H3. The summed E-state index contributed by atoms with van der Waals surface area (Å²) in [6.07, 6.45) is 0. The molecule has 0 unspecified atom stereocenters. The monoisotopic (exact) mass is 233 g/mol. The highest BCUT2D eigenvalue weighted by Crippen LogP contribution is 2.17. The largest absolute Gasteiger partial charge is 0.331 e. The van der Waals surface area contributed by atoms with Crippen molar-refractivity contribution in [1.29, 1.82) is 0 Å². The van der Waals surface area contributed by atoms with Crippen molar-refractivity contribution < 1.29 is 9.63 Å². The summed E-state index contributed by atoms with van der Waals surface area (Å²) < 4.78 is 1.99. The smallest absolute Gasteiger partial charge is 0.277 e. The molecule has 1 aromatic carbocycles. The van der Waals surface area contributed by atoms with Crippen molar-refractivity contribution in [2.45, 2.75) is 6.92 Å². The highest BCUT2D eigenvalue weighted by molar-refractivity contribution is 5.96. The Kier molecular flexibility index (Phi) is 2.85. The molecule has 0 spiro atoms. The van der Waals surface area contributed by atoms with Crippen LogP contribution in [0.3, 0.4) is 0 Å². The van der Waals surface area contributed by atoms with E-state index in [2.05, 4.69) is 4.98 Å². The van der Waals surface area contributed by atoms with Gasteiger partial charge in [-0.3, -0.25) is 9.63 Å². The number of carbonyl (C=O) groups is 1. The number of rotatable bonds is 2. The molecule has 0 fully saturated rings. The van der Waals surface area contributed by atoms with Crippen LogP contribution in [0.15, 0.2) is 18.2 Å². The van der Waals surface area contributed by atoms with E-state index < -0.39 is 0 Å². The van der Waals surface area contributed by atoms with Crippen LogP contribution in [0, 0.1) is 6.92 Å². The van der Waals surface area contributed by atoms with E-state index in [4.69, 9.17) is 4.84 Å². The van der Waals surface area contributed by atoms with Gasteiger partial charge in [0.15, 0.2) is 0 Å². The fourth-order valence-electron chi connectivity index (χ4n) is 1.72. The van der Waals surface area contributed by atoms with Gasteiger partial charge in [0, 0.05) is 19.7 Å². The minimum absolute atomic E-state index is 0.183. The number of aryl methyl sites for hydroxylation is 2. The van der Waals surface area contributed by atoms with Crippen molar-refractivity contribution in [3.8, 4) is 0 Å². The van der Waals surface area contributed by atoms with Crippen LogP contribution in [0.5, 0.6) is 0 Å². The number of amides is 1. The van der Waals surface area contributed by atoms with Gasteiger partial charge in [0.25, 0.3) is 5.91 Å². The molecule has 90 valence electrons. The molecule has 0 saturated carbocycles. The maximum atomic E-state index is 11.9. The van der Waals surface area contributed by atoms with Gasteiger partial charge in [0.2, 0.25) is 0 Å². The average Bonchev–Trinajstić information content (AvgIpc) is 2.62. The molecular weight excluding hydrogens is 218 g/mol. The van der Waals surface area contributed by atoms with E-state index in [0.717, 1.165) is 16.9 Å². The molecule has 0 N–H and O–H groups in total. The summed E-state index contributed by atoms with van der Waals surface area (Å²) in [5, 5.41) is 1.19. The van der Waals surface area contributed by atoms with Gasteiger partial charge in [-0.05, 0) is 25.1 Å². The van der Waals surface area contributed by atoms with Crippen molar-refractivity contribution in [2.75, 3.05) is 14.2 Å². The minimum atomic E-state index is -0.183.